The van der Waals surface area contributed by atoms with Crippen molar-refractivity contribution in [3.05, 3.63) is 59.7 Å². The number of hydrogen-bond acceptors (Lipinski definition) is 4. The van der Waals surface area contributed by atoms with Crippen LogP contribution in [0, 0.1) is 35.5 Å². The van der Waals surface area contributed by atoms with E-state index in [4.69, 9.17) is 9.47 Å². The van der Waals surface area contributed by atoms with Gasteiger partial charge in [0.05, 0.1) is 26.4 Å². The highest BCUT2D eigenvalue weighted by molar-refractivity contribution is 9.09. The summed E-state index contributed by atoms with van der Waals surface area (Å²) in [4.78, 5) is 0. The average molecular weight is 871 g/mol. The number of benzene rings is 2. The number of hydrogen-bond donors (Lipinski definition) is 2. The van der Waals surface area contributed by atoms with Gasteiger partial charge in [0.25, 0.3) is 0 Å². The van der Waals surface area contributed by atoms with Gasteiger partial charge in [-0.3, -0.25) is 0 Å². The van der Waals surface area contributed by atoms with Crippen LogP contribution in [0.25, 0.3) is 0 Å². The topological polar surface area (TPSA) is 58.9 Å². The van der Waals surface area contributed by atoms with Crippen molar-refractivity contribution in [2.24, 2.45) is 35.5 Å². The molecular weight excluding hydrogens is 788 g/mol. The first-order chi connectivity index (χ1) is 25.3. The highest BCUT2D eigenvalue weighted by Gasteiger charge is 2.18. The van der Waals surface area contributed by atoms with E-state index in [0.717, 1.165) is 72.4 Å². The van der Waals surface area contributed by atoms with Gasteiger partial charge < -0.3 is 19.7 Å². The molecule has 0 spiro atoms. The number of ether oxygens (including phenoxy) is 2. The maximum atomic E-state index is 9.30. The van der Waals surface area contributed by atoms with E-state index in [1.165, 1.54) is 101 Å². The Morgan fingerprint density at radius 3 is 1.17 bits per heavy atom. The molecule has 4 nitrogen and oxygen atoms in total. The fourth-order valence-electron chi connectivity index (χ4n) is 7.41. The molecule has 2 aromatic carbocycles. The van der Waals surface area contributed by atoms with Gasteiger partial charge in [0.1, 0.15) is 11.5 Å². The summed E-state index contributed by atoms with van der Waals surface area (Å²) in [5, 5.41) is 20.9. The molecule has 0 aliphatic carbocycles. The van der Waals surface area contributed by atoms with E-state index in [1.54, 1.807) is 0 Å². The Morgan fingerprint density at radius 1 is 0.472 bits per heavy atom. The Hall–Kier alpha value is -1.08. The zero-order valence-corrected chi connectivity index (χ0v) is 37.3. The van der Waals surface area contributed by atoms with E-state index in [2.05, 4.69) is 73.4 Å². The summed E-state index contributed by atoms with van der Waals surface area (Å²) >= 11 is 7.17. The molecule has 0 radical (unpaired) electrons. The summed E-state index contributed by atoms with van der Waals surface area (Å²) in [6, 6.07) is 15.5. The van der Waals surface area contributed by atoms with Crippen LogP contribution in [-0.4, -0.2) is 34.1 Å². The summed E-state index contributed by atoms with van der Waals surface area (Å²) in [6.07, 6.45) is 20.7. The Kier molecular flexibility index (Phi) is 33.5. The van der Waals surface area contributed by atoms with Gasteiger partial charge in [0.15, 0.2) is 0 Å². The molecule has 53 heavy (non-hydrogen) atoms. The molecule has 2 rings (SSSR count). The summed E-state index contributed by atoms with van der Waals surface area (Å²) in [7, 11) is 0. The molecule has 6 heteroatoms. The molecule has 2 aromatic rings. The number of aliphatic hydroxyl groups is 2. The zero-order chi connectivity index (χ0) is 38.4. The van der Waals surface area contributed by atoms with Gasteiger partial charge in [-0.25, -0.2) is 0 Å². The maximum Gasteiger partial charge on any atom is 0.119 e. The largest absolute Gasteiger partial charge is 0.494 e. The second-order valence-corrected chi connectivity index (χ2v) is 16.7. The van der Waals surface area contributed by atoms with Gasteiger partial charge in [-0.1, -0.05) is 169 Å². The molecule has 0 aliphatic rings. The number of aliphatic hydroxyl groups excluding tert-OH is 2. The minimum Gasteiger partial charge on any atom is -0.494 e. The minimum absolute atomic E-state index is 0. The van der Waals surface area contributed by atoms with Crippen molar-refractivity contribution < 1.29 is 19.7 Å². The highest BCUT2D eigenvalue weighted by atomic mass is 79.9. The summed E-state index contributed by atoms with van der Waals surface area (Å²) in [6.45, 7) is 15.5. The fourth-order valence-corrected chi connectivity index (χ4v) is 8.70. The van der Waals surface area contributed by atoms with Gasteiger partial charge in [-0.05, 0) is 109 Å². The summed E-state index contributed by atoms with van der Waals surface area (Å²) < 4.78 is 11.9. The van der Waals surface area contributed by atoms with E-state index in [1.807, 2.05) is 48.5 Å². The van der Waals surface area contributed by atoms with E-state index in [0.29, 0.717) is 11.8 Å². The third-order valence-electron chi connectivity index (χ3n) is 11.6. The Bertz CT molecular complexity index is 1100. The van der Waals surface area contributed by atoms with Crippen LogP contribution in [0.5, 0.6) is 11.5 Å². The molecule has 0 amide bonds. The number of rotatable bonds is 30. The van der Waals surface area contributed by atoms with Crippen molar-refractivity contribution in [1.82, 2.24) is 0 Å². The van der Waals surface area contributed by atoms with Crippen LogP contribution < -0.4 is 9.47 Å². The lowest BCUT2D eigenvalue weighted by molar-refractivity contribution is 0.229. The smallest absolute Gasteiger partial charge is 0.119 e. The van der Waals surface area contributed by atoms with Crippen molar-refractivity contribution in [2.45, 2.75) is 165 Å². The minimum atomic E-state index is 0. The van der Waals surface area contributed by atoms with Crippen LogP contribution in [0.1, 0.15) is 163 Å². The van der Waals surface area contributed by atoms with Crippen molar-refractivity contribution in [1.29, 1.82) is 0 Å². The molecule has 0 bridgehead atoms. The van der Waals surface area contributed by atoms with E-state index in [-0.39, 0.29) is 20.6 Å². The predicted octanol–water partition coefficient (Wildman–Crippen LogP) is 14.6. The van der Waals surface area contributed by atoms with Crippen LogP contribution >= 0.6 is 31.9 Å². The second-order valence-electron chi connectivity index (χ2n) is 15.1. The van der Waals surface area contributed by atoms with Gasteiger partial charge in [-0.15, -0.1) is 0 Å². The fraction of sp³-hybridized carbons (Fsp3) is 0.745. The standard InChI is InChI=1S/C30H46O4.C16H32Br2.CH4/c1-4-24(15-17-33-29-11-7-9-27(20-29)22-31)13-14-25(5-2)19-26(6-3)16-18-34-30-12-8-10-28(21-30)23-32;1-4-14(9-11-17)7-8-15(5-2)13-16(6-3)10-12-18;/h7-12,20-21,24-26,31-32H,4-6,13-19,22-23H2,1-3H3;14-16H,4-13H2,1-3H3;1H4. The van der Waals surface area contributed by atoms with Crippen LogP contribution in [0.15, 0.2) is 48.5 Å². The average Bonchev–Trinajstić information content (AvgIpc) is 3.18. The normalized spacial score (nSPS) is 14.5. The molecule has 0 fully saturated rings. The Balaban J connectivity index is 0.00000121. The Labute approximate surface area is 345 Å². The number of alkyl halides is 2. The molecule has 6 unspecified atom stereocenters. The van der Waals surface area contributed by atoms with Crippen LogP contribution in [0.2, 0.25) is 0 Å². The van der Waals surface area contributed by atoms with Gasteiger partial charge in [0, 0.05) is 10.7 Å². The van der Waals surface area contributed by atoms with Crippen molar-refractivity contribution in [3.63, 3.8) is 0 Å². The highest BCUT2D eigenvalue weighted by Crippen LogP contribution is 2.30. The van der Waals surface area contributed by atoms with Crippen molar-refractivity contribution in [2.75, 3.05) is 23.9 Å². The molecule has 308 valence electrons. The van der Waals surface area contributed by atoms with Crippen LogP contribution in [0.3, 0.4) is 0 Å². The second kappa shape index (κ2) is 34.2. The third-order valence-corrected chi connectivity index (χ3v) is 12.5. The maximum absolute atomic E-state index is 9.30. The first kappa shape index (κ1) is 51.9. The predicted molar refractivity (Wildman–Crippen MR) is 239 cm³/mol. The molecule has 0 aliphatic heterocycles. The molecule has 2 N–H and O–H groups in total. The molecular formula is C47H82Br2O4. The number of halogens is 2. The van der Waals surface area contributed by atoms with E-state index < -0.39 is 0 Å². The van der Waals surface area contributed by atoms with Crippen molar-refractivity contribution in [3.8, 4) is 11.5 Å². The molecule has 0 saturated heterocycles. The molecule has 6 atom stereocenters. The first-order valence-electron chi connectivity index (χ1n) is 21.1. The van der Waals surface area contributed by atoms with Gasteiger partial charge in [0.2, 0.25) is 0 Å². The van der Waals surface area contributed by atoms with Gasteiger partial charge in [-0.2, -0.15) is 0 Å². The molecule has 0 aromatic heterocycles. The zero-order valence-electron chi connectivity index (χ0n) is 34.1. The van der Waals surface area contributed by atoms with Crippen LogP contribution in [0.4, 0.5) is 0 Å². The lowest BCUT2D eigenvalue weighted by Gasteiger charge is -2.24. The molecule has 0 heterocycles. The monoisotopic (exact) mass is 868 g/mol. The first-order valence-corrected chi connectivity index (χ1v) is 23.3. The van der Waals surface area contributed by atoms with Crippen molar-refractivity contribution >= 4 is 31.9 Å². The summed E-state index contributed by atoms with van der Waals surface area (Å²) in [5.74, 6) is 6.68. The SMILES string of the molecule is C.CCC(CCBr)CCC(CC)CC(CC)CCBr.CCC(CCOc1cccc(CO)c1)CCC(CC)CC(CC)CCOc1cccc(CO)c1. The lowest BCUT2D eigenvalue weighted by atomic mass is 9.83. The quantitative estimate of drug-likeness (QED) is 0.0768. The van der Waals surface area contributed by atoms with E-state index in [9.17, 15) is 10.2 Å². The Morgan fingerprint density at radius 2 is 0.792 bits per heavy atom. The lowest BCUT2D eigenvalue weighted by Crippen LogP contribution is -2.14. The van der Waals surface area contributed by atoms with Gasteiger partial charge >= 0.3 is 0 Å². The third kappa shape index (κ3) is 24.2. The van der Waals surface area contributed by atoms with Crippen LogP contribution in [-0.2, 0) is 13.2 Å². The summed E-state index contributed by atoms with van der Waals surface area (Å²) in [5.41, 5.74) is 1.79. The van der Waals surface area contributed by atoms with E-state index >= 15 is 0 Å². The molecule has 0 saturated carbocycles.